The number of hydrogen-bond donors (Lipinski definition) is 0. The maximum atomic E-state index is 11.5. The van der Waals surface area contributed by atoms with E-state index in [9.17, 15) is 9.59 Å². The first-order valence-corrected chi connectivity index (χ1v) is 4.54. The van der Waals surface area contributed by atoms with Gasteiger partial charge in [0.2, 0.25) is 0 Å². The van der Waals surface area contributed by atoms with Gasteiger partial charge < -0.3 is 0 Å². The molecule has 0 fully saturated rings. The third kappa shape index (κ3) is 4.61. The van der Waals surface area contributed by atoms with Crippen molar-refractivity contribution in [3.05, 3.63) is 12.7 Å². The predicted molar refractivity (Wildman–Crippen MR) is 53.5 cm³/mol. The third-order valence-electron chi connectivity index (χ3n) is 2.14. The van der Waals surface area contributed by atoms with Gasteiger partial charge in [0.1, 0.15) is 11.6 Å². The quantitative estimate of drug-likeness (QED) is 0.467. The molecule has 0 saturated heterocycles. The van der Waals surface area contributed by atoms with E-state index in [1.54, 1.807) is 6.08 Å². The second kappa shape index (κ2) is 4.95. The molecular weight excluding hydrogens is 164 g/mol. The Hall–Kier alpha value is -0.920. The van der Waals surface area contributed by atoms with Gasteiger partial charge in [0.05, 0.1) is 6.42 Å². The summed E-state index contributed by atoms with van der Waals surface area (Å²) in [6.45, 7) is 8.81. The van der Waals surface area contributed by atoms with Crippen LogP contribution >= 0.6 is 0 Å². The summed E-state index contributed by atoms with van der Waals surface area (Å²) in [6.07, 6.45) is 3.44. The number of rotatable bonds is 6. The summed E-state index contributed by atoms with van der Waals surface area (Å²) in [7, 11) is 0. The summed E-state index contributed by atoms with van der Waals surface area (Å²) in [6, 6.07) is 0. The lowest BCUT2D eigenvalue weighted by Gasteiger charge is -2.21. The molecule has 0 radical (unpaired) electrons. The van der Waals surface area contributed by atoms with Crippen LogP contribution in [0.15, 0.2) is 12.7 Å². The van der Waals surface area contributed by atoms with E-state index >= 15 is 0 Å². The van der Waals surface area contributed by atoms with Gasteiger partial charge in [-0.25, -0.2) is 0 Å². The molecule has 0 N–H and O–H groups in total. The Labute approximate surface area is 80.0 Å². The molecule has 0 rings (SSSR count). The maximum Gasteiger partial charge on any atom is 0.145 e. The van der Waals surface area contributed by atoms with Crippen molar-refractivity contribution < 1.29 is 9.59 Å². The number of ketones is 2. The topological polar surface area (TPSA) is 34.1 Å². The molecule has 2 nitrogen and oxygen atoms in total. The Morgan fingerprint density at radius 2 is 1.92 bits per heavy atom. The lowest BCUT2D eigenvalue weighted by molar-refractivity contribution is -0.131. The zero-order chi connectivity index (χ0) is 10.5. The lowest BCUT2D eigenvalue weighted by Crippen LogP contribution is -2.25. The van der Waals surface area contributed by atoms with Crippen LogP contribution in [0.2, 0.25) is 0 Å². The van der Waals surface area contributed by atoms with Crippen LogP contribution in [0.25, 0.3) is 0 Å². The van der Waals surface area contributed by atoms with Gasteiger partial charge in [-0.05, 0) is 19.8 Å². The second-order valence-electron chi connectivity index (χ2n) is 4.01. The van der Waals surface area contributed by atoms with Crippen molar-refractivity contribution in [3.63, 3.8) is 0 Å². The summed E-state index contributed by atoms with van der Waals surface area (Å²) in [5, 5.41) is 0. The average molecular weight is 182 g/mol. The monoisotopic (exact) mass is 182 g/mol. The highest BCUT2D eigenvalue weighted by Crippen LogP contribution is 2.25. The summed E-state index contributed by atoms with van der Waals surface area (Å²) in [5.41, 5.74) is -0.389. The van der Waals surface area contributed by atoms with E-state index in [2.05, 4.69) is 6.58 Å². The first-order valence-electron chi connectivity index (χ1n) is 4.54. The van der Waals surface area contributed by atoms with Gasteiger partial charge in [-0.1, -0.05) is 19.9 Å². The molecule has 0 aromatic rings. The largest absolute Gasteiger partial charge is 0.300 e. The fourth-order valence-corrected chi connectivity index (χ4v) is 1.07. The minimum Gasteiger partial charge on any atom is -0.300 e. The van der Waals surface area contributed by atoms with Crippen LogP contribution in [-0.2, 0) is 9.59 Å². The van der Waals surface area contributed by atoms with E-state index in [-0.39, 0.29) is 23.4 Å². The average Bonchev–Trinajstić information content (AvgIpc) is 1.99. The van der Waals surface area contributed by atoms with E-state index in [0.717, 1.165) is 12.8 Å². The minimum absolute atomic E-state index is 0.0295. The molecule has 0 spiro atoms. The highest BCUT2D eigenvalue weighted by Gasteiger charge is 2.26. The van der Waals surface area contributed by atoms with Gasteiger partial charge >= 0.3 is 0 Å². The first kappa shape index (κ1) is 12.1. The summed E-state index contributed by atoms with van der Waals surface area (Å²) < 4.78 is 0. The first-order chi connectivity index (χ1) is 5.90. The van der Waals surface area contributed by atoms with Crippen LogP contribution in [0.5, 0.6) is 0 Å². The van der Waals surface area contributed by atoms with Crippen molar-refractivity contribution >= 4 is 11.6 Å². The van der Waals surface area contributed by atoms with E-state index in [4.69, 9.17) is 0 Å². The lowest BCUT2D eigenvalue weighted by atomic mass is 9.81. The number of allylic oxidation sites excluding steroid dienone is 1. The second-order valence-corrected chi connectivity index (χ2v) is 4.01. The molecule has 2 heteroatoms. The highest BCUT2D eigenvalue weighted by atomic mass is 16.1. The van der Waals surface area contributed by atoms with Crippen molar-refractivity contribution in [2.45, 2.75) is 40.0 Å². The third-order valence-corrected chi connectivity index (χ3v) is 2.14. The number of carbonyl (C=O) groups excluding carboxylic acids is 2. The van der Waals surface area contributed by atoms with Gasteiger partial charge in [-0.2, -0.15) is 0 Å². The fourth-order valence-electron chi connectivity index (χ4n) is 1.07. The Balaban J connectivity index is 4.17. The highest BCUT2D eigenvalue weighted by molar-refractivity contribution is 6.00. The predicted octanol–water partition coefficient (Wildman–Crippen LogP) is 2.53. The molecule has 0 saturated carbocycles. The van der Waals surface area contributed by atoms with Crippen molar-refractivity contribution in [2.24, 2.45) is 5.41 Å². The van der Waals surface area contributed by atoms with Crippen LogP contribution in [0, 0.1) is 5.41 Å². The molecule has 74 valence electrons. The Bertz CT molecular complexity index is 214. The summed E-state index contributed by atoms with van der Waals surface area (Å²) >= 11 is 0. The van der Waals surface area contributed by atoms with E-state index in [1.165, 1.54) is 6.92 Å². The van der Waals surface area contributed by atoms with Gasteiger partial charge in [0.25, 0.3) is 0 Å². The van der Waals surface area contributed by atoms with Crippen molar-refractivity contribution in [2.75, 3.05) is 0 Å². The van der Waals surface area contributed by atoms with Crippen molar-refractivity contribution in [3.8, 4) is 0 Å². The number of hydrogen-bond acceptors (Lipinski definition) is 2. The molecular formula is C11H18O2. The Morgan fingerprint density at radius 1 is 1.38 bits per heavy atom. The Kier molecular flexibility index (Phi) is 4.60. The molecule has 0 aliphatic heterocycles. The molecule has 0 amide bonds. The van der Waals surface area contributed by atoms with Crippen LogP contribution in [0.3, 0.4) is 0 Å². The normalized spacial score (nSPS) is 11.0. The zero-order valence-corrected chi connectivity index (χ0v) is 8.72. The maximum absolute atomic E-state index is 11.5. The molecule has 0 atom stereocenters. The molecule has 0 aliphatic rings. The molecule has 0 unspecified atom stereocenters. The SMILES string of the molecule is C=CCCC(C)(C)C(=O)CC(C)=O. The van der Waals surface area contributed by atoms with E-state index in [0.29, 0.717) is 0 Å². The molecule has 0 heterocycles. The zero-order valence-electron chi connectivity index (χ0n) is 8.72. The van der Waals surface area contributed by atoms with E-state index < -0.39 is 0 Å². The number of carbonyl (C=O) groups is 2. The van der Waals surface area contributed by atoms with Crippen molar-refractivity contribution in [1.29, 1.82) is 0 Å². The van der Waals surface area contributed by atoms with Crippen LogP contribution in [-0.4, -0.2) is 11.6 Å². The van der Waals surface area contributed by atoms with E-state index in [1.807, 2.05) is 13.8 Å². The smallest absolute Gasteiger partial charge is 0.145 e. The standard InChI is InChI=1S/C11H18O2/c1-5-6-7-11(3,4)10(13)8-9(2)12/h5H,1,6-8H2,2-4H3. The molecule has 0 bridgehead atoms. The van der Waals surface area contributed by atoms with Crippen LogP contribution in [0.4, 0.5) is 0 Å². The fraction of sp³-hybridized carbons (Fsp3) is 0.636. The summed E-state index contributed by atoms with van der Waals surface area (Å²) in [5.74, 6) is -0.0291. The van der Waals surface area contributed by atoms with Crippen molar-refractivity contribution in [1.82, 2.24) is 0 Å². The van der Waals surface area contributed by atoms with Gasteiger partial charge in [0, 0.05) is 5.41 Å². The summed E-state index contributed by atoms with van der Waals surface area (Å²) in [4.78, 5) is 22.3. The molecule has 0 aliphatic carbocycles. The molecule has 13 heavy (non-hydrogen) atoms. The molecule has 0 aromatic carbocycles. The molecule has 0 aromatic heterocycles. The van der Waals surface area contributed by atoms with Gasteiger partial charge in [-0.15, -0.1) is 6.58 Å². The van der Waals surface area contributed by atoms with Gasteiger partial charge in [-0.3, -0.25) is 9.59 Å². The Morgan fingerprint density at radius 3 is 2.31 bits per heavy atom. The van der Waals surface area contributed by atoms with Gasteiger partial charge in [0.15, 0.2) is 0 Å². The van der Waals surface area contributed by atoms with Crippen LogP contribution < -0.4 is 0 Å². The van der Waals surface area contributed by atoms with Crippen LogP contribution in [0.1, 0.15) is 40.0 Å². The number of Topliss-reactive ketones (excluding diaryl/α,β-unsaturated/α-hetero) is 2. The minimum atomic E-state index is -0.389.